The van der Waals surface area contributed by atoms with Crippen LogP contribution >= 0.6 is 11.8 Å². The molecule has 0 bridgehead atoms. The van der Waals surface area contributed by atoms with Crippen LogP contribution in [0.2, 0.25) is 0 Å². The molecule has 6 atom stereocenters. The van der Waals surface area contributed by atoms with E-state index in [0.717, 1.165) is 24.7 Å². The molecule has 21 heavy (non-hydrogen) atoms. The minimum Gasteiger partial charge on any atom is -0.390 e. The Labute approximate surface area is 129 Å². The molecule has 3 N–H and O–H groups in total. The average Bonchev–Trinajstić information content (AvgIpc) is 3.11. The Morgan fingerprint density at radius 1 is 1.33 bits per heavy atom. The Bertz CT molecular complexity index is 402. The first-order chi connectivity index (χ1) is 10.1. The van der Waals surface area contributed by atoms with E-state index in [4.69, 9.17) is 4.74 Å². The Balaban J connectivity index is 1.70. The largest absolute Gasteiger partial charge is 0.390 e. The maximum atomic E-state index is 10.3. The number of amidine groups is 1. The van der Waals surface area contributed by atoms with Gasteiger partial charge in [0.05, 0.1) is 6.10 Å². The van der Waals surface area contributed by atoms with Crippen LogP contribution in [0.1, 0.15) is 32.6 Å². The summed E-state index contributed by atoms with van der Waals surface area (Å²) in [6.07, 6.45) is 0.135. The molecule has 2 saturated heterocycles. The lowest BCUT2D eigenvalue weighted by molar-refractivity contribution is -0.185. The minimum atomic E-state index is -1.09. The average molecular weight is 316 g/mol. The van der Waals surface area contributed by atoms with E-state index < -0.39 is 30.5 Å². The van der Waals surface area contributed by atoms with Gasteiger partial charge >= 0.3 is 0 Å². The Morgan fingerprint density at radius 2 is 2.05 bits per heavy atom. The highest BCUT2D eigenvalue weighted by Gasteiger charge is 2.50. The molecular formula is C14H24N2O4S. The third-order valence-corrected chi connectivity index (χ3v) is 5.62. The van der Waals surface area contributed by atoms with Gasteiger partial charge in [0.15, 0.2) is 5.17 Å². The molecule has 0 radical (unpaired) electrons. The fraction of sp³-hybridized carbons (Fsp3) is 0.929. The van der Waals surface area contributed by atoms with Crippen molar-refractivity contribution in [1.82, 2.24) is 4.90 Å². The van der Waals surface area contributed by atoms with Crippen molar-refractivity contribution in [3.05, 3.63) is 0 Å². The number of rotatable bonds is 3. The van der Waals surface area contributed by atoms with Crippen molar-refractivity contribution in [3.8, 4) is 0 Å². The maximum Gasteiger partial charge on any atom is 0.162 e. The molecule has 3 heterocycles. The monoisotopic (exact) mass is 316 g/mol. The highest BCUT2D eigenvalue weighted by molar-refractivity contribution is 8.14. The van der Waals surface area contributed by atoms with Gasteiger partial charge in [0.25, 0.3) is 0 Å². The second-order valence-corrected chi connectivity index (χ2v) is 7.09. The number of aliphatic hydroxyl groups is 3. The van der Waals surface area contributed by atoms with E-state index in [2.05, 4.69) is 9.89 Å². The molecule has 7 heteroatoms. The van der Waals surface area contributed by atoms with Gasteiger partial charge in [0.1, 0.15) is 29.8 Å². The molecule has 120 valence electrons. The SMILES string of the molecule is CCCC(O)C1OC2SC(N3CCCC3)=NC2C(O)C1O. The maximum absolute atomic E-state index is 10.3. The third-order valence-electron chi connectivity index (χ3n) is 4.43. The van der Waals surface area contributed by atoms with Crippen molar-refractivity contribution >= 4 is 16.9 Å². The Kier molecular flexibility index (Phi) is 4.75. The molecule has 0 spiro atoms. The fourth-order valence-corrected chi connectivity index (χ4v) is 4.48. The number of fused-ring (bicyclic) bond motifs is 1. The molecule has 6 unspecified atom stereocenters. The molecule has 6 nitrogen and oxygen atoms in total. The van der Waals surface area contributed by atoms with Crippen LogP contribution < -0.4 is 0 Å². The van der Waals surface area contributed by atoms with Crippen LogP contribution in [-0.2, 0) is 4.74 Å². The topological polar surface area (TPSA) is 85.5 Å². The van der Waals surface area contributed by atoms with Gasteiger partial charge in [-0.25, -0.2) is 0 Å². The zero-order valence-electron chi connectivity index (χ0n) is 12.3. The number of hydrogen-bond donors (Lipinski definition) is 3. The van der Waals surface area contributed by atoms with Gasteiger partial charge in [-0.15, -0.1) is 0 Å². The molecule has 3 aliphatic heterocycles. The van der Waals surface area contributed by atoms with Crippen LogP contribution in [0.15, 0.2) is 4.99 Å². The number of hydrogen-bond acceptors (Lipinski definition) is 7. The second kappa shape index (κ2) is 6.42. The van der Waals surface area contributed by atoms with Crippen molar-refractivity contribution in [2.24, 2.45) is 4.99 Å². The van der Waals surface area contributed by atoms with E-state index >= 15 is 0 Å². The first-order valence-corrected chi connectivity index (χ1v) is 8.69. The zero-order chi connectivity index (χ0) is 15.0. The molecule has 3 rings (SSSR count). The number of thioether (sulfide) groups is 1. The smallest absolute Gasteiger partial charge is 0.162 e. The highest BCUT2D eigenvalue weighted by Crippen LogP contribution is 2.39. The van der Waals surface area contributed by atoms with E-state index in [1.165, 1.54) is 24.6 Å². The lowest BCUT2D eigenvalue weighted by Crippen LogP contribution is -2.58. The minimum absolute atomic E-state index is 0.310. The zero-order valence-corrected chi connectivity index (χ0v) is 13.1. The van der Waals surface area contributed by atoms with Gasteiger partial charge in [0.2, 0.25) is 0 Å². The predicted octanol–water partition coefficient (Wildman–Crippen LogP) is 0.161. The van der Waals surface area contributed by atoms with Crippen LogP contribution in [0.3, 0.4) is 0 Å². The summed E-state index contributed by atoms with van der Waals surface area (Å²) in [5, 5.41) is 31.5. The summed E-state index contributed by atoms with van der Waals surface area (Å²) < 4.78 is 5.86. The number of aliphatic imine (C=N–C) groups is 1. The summed E-state index contributed by atoms with van der Waals surface area (Å²) in [6, 6.07) is -0.439. The fourth-order valence-electron chi connectivity index (χ4n) is 3.21. The summed E-state index contributed by atoms with van der Waals surface area (Å²) in [6.45, 7) is 3.95. The summed E-state index contributed by atoms with van der Waals surface area (Å²) in [7, 11) is 0. The van der Waals surface area contributed by atoms with Gasteiger partial charge in [-0.1, -0.05) is 25.1 Å². The molecule has 0 aromatic heterocycles. The normalized spacial score (nSPS) is 41.0. The summed E-state index contributed by atoms with van der Waals surface area (Å²) >= 11 is 1.51. The number of aliphatic hydroxyl groups excluding tert-OH is 3. The van der Waals surface area contributed by atoms with E-state index in [1.54, 1.807) is 0 Å². The number of ether oxygens (including phenoxy) is 1. The first kappa shape index (κ1) is 15.6. The molecule has 2 fully saturated rings. The van der Waals surface area contributed by atoms with Crippen LogP contribution in [0, 0.1) is 0 Å². The Hall–Kier alpha value is -0.340. The van der Waals surface area contributed by atoms with Gasteiger partial charge in [-0.2, -0.15) is 0 Å². The van der Waals surface area contributed by atoms with Crippen LogP contribution in [-0.4, -0.2) is 74.4 Å². The van der Waals surface area contributed by atoms with E-state index in [-0.39, 0.29) is 5.44 Å². The van der Waals surface area contributed by atoms with Gasteiger partial charge < -0.3 is 25.0 Å². The van der Waals surface area contributed by atoms with Gasteiger partial charge in [-0.05, 0) is 19.3 Å². The lowest BCUT2D eigenvalue weighted by atomic mass is 9.93. The molecule has 0 aromatic carbocycles. The predicted molar refractivity (Wildman–Crippen MR) is 81.2 cm³/mol. The molecule has 0 aromatic rings. The molecule has 0 saturated carbocycles. The lowest BCUT2D eigenvalue weighted by Gasteiger charge is -2.40. The van der Waals surface area contributed by atoms with Crippen LogP contribution in [0.5, 0.6) is 0 Å². The van der Waals surface area contributed by atoms with Gasteiger partial charge in [-0.3, -0.25) is 4.99 Å². The highest BCUT2D eigenvalue weighted by atomic mass is 32.2. The van der Waals surface area contributed by atoms with Crippen LogP contribution in [0.4, 0.5) is 0 Å². The van der Waals surface area contributed by atoms with Crippen molar-refractivity contribution in [1.29, 1.82) is 0 Å². The van der Waals surface area contributed by atoms with Crippen molar-refractivity contribution in [2.45, 2.75) is 68.5 Å². The molecule has 3 aliphatic rings. The quantitative estimate of drug-likeness (QED) is 0.688. The van der Waals surface area contributed by atoms with Crippen molar-refractivity contribution in [2.75, 3.05) is 13.1 Å². The number of nitrogens with zero attached hydrogens (tertiary/aromatic N) is 2. The molecule has 0 amide bonds. The summed E-state index contributed by atoms with van der Waals surface area (Å²) in [5.74, 6) is 0. The standard InChI is InChI=1S/C14H24N2O4S/c1-2-5-8(17)12-11(19)10(18)9-13(20-12)21-14(15-9)16-6-3-4-7-16/h8-13,17-19H,2-7H2,1H3. The number of likely N-dealkylation sites (tertiary alicyclic amines) is 1. The molecular weight excluding hydrogens is 292 g/mol. The van der Waals surface area contributed by atoms with Crippen molar-refractivity contribution < 1.29 is 20.1 Å². The second-order valence-electron chi connectivity index (χ2n) is 6.02. The van der Waals surface area contributed by atoms with Crippen molar-refractivity contribution in [3.63, 3.8) is 0 Å². The van der Waals surface area contributed by atoms with E-state index in [0.29, 0.717) is 6.42 Å². The van der Waals surface area contributed by atoms with Gasteiger partial charge in [0, 0.05) is 13.1 Å². The summed E-state index contributed by atoms with van der Waals surface area (Å²) in [5.41, 5.74) is -0.310. The van der Waals surface area contributed by atoms with Crippen LogP contribution in [0.25, 0.3) is 0 Å². The molecule has 0 aliphatic carbocycles. The third kappa shape index (κ3) is 2.94. The first-order valence-electron chi connectivity index (χ1n) is 7.81. The summed E-state index contributed by atoms with van der Waals surface area (Å²) in [4.78, 5) is 6.76. The Morgan fingerprint density at radius 3 is 2.71 bits per heavy atom. The van der Waals surface area contributed by atoms with E-state index in [1.807, 2.05) is 6.92 Å². The van der Waals surface area contributed by atoms with E-state index in [9.17, 15) is 15.3 Å².